The third-order valence-corrected chi connectivity index (χ3v) is 6.42. The molecule has 0 amide bonds. The van der Waals surface area contributed by atoms with Crippen LogP contribution >= 0.6 is 0 Å². The summed E-state index contributed by atoms with van der Waals surface area (Å²) in [5.41, 5.74) is 2.19. The lowest BCUT2D eigenvalue weighted by Crippen LogP contribution is -2.56. The van der Waals surface area contributed by atoms with E-state index in [-0.39, 0.29) is 11.7 Å². The normalized spacial score (nSPS) is 20.3. The second-order valence-corrected chi connectivity index (χ2v) is 9.81. The number of esters is 5. The van der Waals surface area contributed by atoms with E-state index in [0.29, 0.717) is 25.7 Å². The van der Waals surface area contributed by atoms with Gasteiger partial charge in [0.05, 0.1) is 0 Å². The highest BCUT2D eigenvalue weighted by atomic mass is 16.6. The summed E-state index contributed by atoms with van der Waals surface area (Å²) in [6, 6.07) is 0. The molecule has 0 radical (unpaired) electrons. The van der Waals surface area contributed by atoms with E-state index in [0.717, 1.165) is 38.8 Å². The van der Waals surface area contributed by atoms with E-state index in [1.807, 2.05) is 13.8 Å². The van der Waals surface area contributed by atoms with Crippen molar-refractivity contribution in [3.05, 3.63) is 11.1 Å². The summed E-state index contributed by atoms with van der Waals surface area (Å²) < 4.78 is 27.3. The van der Waals surface area contributed by atoms with Crippen molar-refractivity contribution in [1.29, 1.82) is 0 Å². The summed E-state index contributed by atoms with van der Waals surface area (Å²) in [5, 5.41) is 0. The SMILES string of the molecule is CC(=O)CC[C@H]1CC(C)=C(C)C[C@H]1[C@@H](OC(C)=O)[C@@H](OC(C)=O)[C@H](OC(C)=O)[C@@H](COC(C)=O)OC(C)=O. The van der Waals surface area contributed by atoms with Gasteiger partial charge in [-0.2, -0.15) is 0 Å². The number of allylic oxidation sites excluding steroid dienone is 2. The van der Waals surface area contributed by atoms with E-state index in [9.17, 15) is 28.8 Å². The summed E-state index contributed by atoms with van der Waals surface area (Å²) >= 11 is 0. The Balaban J connectivity index is 3.71. The predicted octanol–water partition coefficient (Wildman–Crippen LogP) is 3.01. The van der Waals surface area contributed by atoms with Crippen molar-refractivity contribution in [3.63, 3.8) is 0 Å². The maximum atomic E-state index is 12.3. The van der Waals surface area contributed by atoms with Gasteiger partial charge in [0.1, 0.15) is 18.5 Å². The molecule has 0 aromatic rings. The molecule has 1 rings (SSSR count). The Labute approximate surface area is 223 Å². The van der Waals surface area contributed by atoms with Crippen LogP contribution in [-0.4, -0.2) is 66.7 Å². The van der Waals surface area contributed by atoms with Crippen molar-refractivity contribution in [2.24, 2.45) is 11.8 Å². The fraction of sp³-hybridized carbons (Fsp3) is 0.704. The Kier molecular flexibility index (Phi) is 13.1. The molecule has 11 nitrogen and oxygen atoms in total. The van der Waals surface area contributed by atoms with E-state index in [2.05, 4.69) is 0 Å². The highest BCUT2D eigenvalue weighted by Crippen LogP contribution is 2.42. The standard InChI is InChI=1S/C27H40O11/c1-14-11-22(10-9-16(3)28)23(12-15(14)2)25(36-19(6)31)27(38-21(8)33)26(37-20(7)32)24(35-18(5)30)13-34-17(4)29/h22-27H,9-13H2,1-8H3/t22-,23+,24+,25+,26+,27+/m0/s1. The van der Waals surface area contributed by atoms with E-state index >= 15 is 0 Å². The Hall–Kier alpha value is -3.24. The number of ether oxygens (including phenoxy) is 5. The first-order valence-corrected chi connectivity index (χ1v) is 12.6. The molecule has 0 fully saturated rings. The Morgan fingerprint density at radius 2 is 1.18 bits per heavy atom. The van der Waals surface area contributed by atoms with Crippen molar-refractivity contribution in [3.8, 4) is 0 Å². The molecule has 0 unspecified atom stereocenters. The van der Waals surface area contributed by atoms with Crippen molar-refractivity contribution in [1.82, 2.24) is 0 Å². The van der Waals surface area contributed by atoms with Gasteiger partial charge >= 0.3 is 29.8 Å². The molecular formula is C27H40O11. The summed E-state index contributed by atoms with van der Waals surface area (Å²) in [6.07, 6.45) is -3.55. The van der Waals surface area contributed by atoms with Gasteiger partial charge in [0.15, 0.2) is 18.3 Å². The molecule has 0 saturated carbocycles. The van der Waals surface area contributed by atoms with Crippen LogP contribution < -0.4 is 0 Å². The number of carbonyl (C=O) groups excluding carboxylic acids is 6. The molecule has 0 spiro atoms. The van der Waals surface area contributed by atoms with Gasteiger partial charge in [-0.1, -0.05) is 11.1 Å². The summed E-state index contributed by atoms with van der Waals surface area (Å²) in [4.78, 5) is 72.0. The zero-order valence-corrected chi connectivity index (χ0v) is 23.5. The molecule has 1 aliphatic rings. The van der Waals surface area contributed by atoms with E-state index in [1.54, 1.807) is 0 Å². The molecule has 214 valence electrons. The first-order chi connectivity index (χ1) is 17.6. The molecule has 1 aliphatic carbocycles. The lowest BCUT2D eigenvalue weighted by atomic mass is 9.70. The van der Waals surface area contributed by atoms with E-state index in [4.69, 9.17) is 23.7 Å². The van der Waals surface area contributed by atoms with Crippen LogP contribution in [0.1, 0.15) is 81.1 Å². The van der Waals surface area contributed by atoms with Crippen molar-refractivity contribution < 1.29 is 52.5 Å². The van der Waals surface area contributed by atoms with Gasteiger partial charge in [-0.3, -0.25) is 24.0 Å². The Morgan fingerprint density at radius 3 is 1.66 bits per heavy atom. The van der Waals surface area contributed by atoms with Gasteiger partial charge in [0, 0.05) is 47.0 Å². The minimum absolute atomic E-state index is 0.00217. The molecule has 38 heavy (non-hydrogen) atoms. The molecule has 0 aliphatic heterocycles. The minimum Gasteiger partial charge on any atom is -0.462 e. The van der Waals surface area contributed by atoms with Gasteiger partial charge in [0.25, 0.3) is 0 Å². The van der Waals surface area contributed by atoms with Crippen LogP contribution in [0, 0.1) is 11.8 Å². The average molecular weight is 541 g/mol. The number of rotatable bonds is 13. The molecule has 0 N–H and O–H groups in total. The Bertz CT molecular complexity index is 935. The third kappa shape index (κ3) is 11.0. The van der Waals surface area contributed by atoms with E-state index in [1.165, 1.54) is 13.8 Å². The van der Waals surface area contributed by atoms with Crippen LogP contribution in [0.4, 0.5) is 0 Å². The van der Waals surface area contributed by atoms with E-state index < -0.39 is 66.8 Å². The fourth-order valence-electron chi connectivity index (χ4n) is 4.76. The quantitative estimate of drug-likeness (QED) is 0.193. The van der Waals surface area contributed by atoms with Gasteiger partial charge in [-0.05, 0) is 46.0 Å². The number of Topliss-reactive ketones (excluding diaryl/α,β-unsaturated/α-hetero) is 1. The van der Waals surface area contributed by atoms with Crippen molar-refractivity contribution in [2.45, 2.75) is 105 Å². The van der Waals surface area contributed by atoms with Crippen molar-refractivity contribution >= 4 is 35.6 Å². The molecule has 11 heteroatoms. The topological polar surface area (TPSA) is 149 Å². The molecule has 0 heterocycles. The average Bonchev–Trinajstić information content (AvgIpc) is 2.77. The van der Waals surface area contributed by atoms with Gasteiger partial charge < -0.3 is 28.5 Å². The second kappa shape index (κ2) is 15.2. The summed E-state index contributed by atoms with van der Waals surface area (Å²) in [7, 11) is 0. The third-order valence-electron chi connectivity index (χ3n) is 6.42. The largest absolute Gasteiger partial charge is 0.462 e. The molecule has 0 aromatic heterocycles. The molecule has 6 atom stereocenters. The second-order valence-electron chi connectivity index (χ2n) is 9.81. The van der Waals surface area contributed by atoms with Crippen molar-refractivity contribution in [2.75, 3.05) is 6.61 Å². The van der Waals surface area contributed by atoms with Crippen LogP contribution in [0.2, 0.25) is 0 Å². The van der Waals surface area contributed by atoms with Gasteiger partial charge in [-0.15, -0.1) is 0 Å². The molecular weight excluding hydrogens is 500 g/mol. The molecule has 0 bridgehead atoms. The molecule has 0 aromatic carbocycles. The number of hydrogen-bond acceptors (Lipinski definition) is 11. The fourth-order valence-corrected chi connectivity index (χ4v) is 4.76. The number of ketones is 1. The van der Waals surface area contributed by atoms with Crippen LogP contribution in [0.3, 0.4) is 0 Å². The predicted molar refractivity (Wildman–Crippen MR) is 133 cm³/mol. The summed E-state index contributed by atoms with van der Waals surface area (Å²) in [5.74, 6) is -4.25. The lowest BCUT2D eigenvalue weighted by molar-refractivity contribution is -0.208. The minimum atomic E-state index is -1.48. The summed E-state index contributed by atoms with van der Waals surface area (Å²) in [6.45, 7) is 10.6. The zero-order valence-electron chi connectivity index (χ0n) is 23.5. The maximum absolute atomic E-state index is 12.3. The van der Waals surface area contributed by atoms with Crippen LogP contribution in [0.5, 0.6) is 0 Å². The number of carbonyl (C=O) groups is 6. The highest BCUT2D eigenvalue weighted by molar-refractivity contribution is 5.75. The van der Waals surface area contributed by atoms with Crippen LogP contribution in [-0.2, 0) is 52.5 Å². The molecule has 0 saturated heterocycles. The Morgan fingerprint density at radius 1 is 0.684 bits per heavy atom. The zero-order chi connectivity index (χ0) is 29.2. The van der Waals surface area contributed by atoms with Gasteiger partial charge in [-0.25, -0.2) is 0 Å². The lowest BCUT2D eigenvalue weighted by Gasteiger charge is -2.43. The maximum Gasteiger partial charge on any atom is 0.303 e. The number of hydrogen-bond donors (Lipinski definition) is 0. The van der Waals surface area contributed by atoms with Crippen LogP contribution in [0.25, 0.3) is 0 Å². The smallest absolute Gasteiger partial charge is 0.303 e. The highest BCUT2D eigenvalue weighted by Gasteiger charge is 2.49. The van der Waals surface area contributed by atoms with Gasteiger partial charge in [0.2, 0.25) is 0 Å². The monoisotopic (exact) mass is 540 g/mol. The first kappa shape index (κ1) is 32.8. The van der Waals surface area contributed by atoms with Crippen LogP contribution in [0.15, 0.2) is 11.1 Å². The first-order valence-electron chi connectivity index (χ1n) is 12.6.